The Bertz CT molecular complexity index is 334. The molecule has 17 heavy (non-hydrogen) atoms. The number of aryl methyl sites for hydroxylation is 1. The molecule has 1 aromatic heterocycles. The summed E-state index contributed by atoms with van der Waals surface area (Å²) in [5.74, 6) is 0. The molecule has 0 aliphatic heterocycles. The van der Waals surface area contributed by atoms with E-state index in [2.05, 4.69) is 4.74 Å². The molecule has 0 saturated heterocycles. The molecule has 0 saturated carbocycles. The second-order valence-corrected chi connectivity index (χ2v) is 3.88. The second-order valence-electron chi connectivity index (χ2n) is 3.88. The van der Waals surface area contributed by atoms with Crippen molar-refractivity contribution in [3.8, 4) is 0 Å². The molecule has 1 aromatic rings. The Morgan fingerprint density at radius 2 is 2.18 bits per heavy atom. The number of aliphatic hydroxyl groups excluding tert-OH is 1. The highest BCUT2D eigenvalue weighted by Crippen LogP contribution is 2.15. The summed E-state index contributed by atoms with van der Waals surface area (Å²) in [4.78, 5) is 0. The minimum absolute atomic E-state index is 0.0711. The van der Waals surface area contributed by atoms with Gasteiger partial charge in [0.25, 0.3) is 0 Å². The highest BCUT2D eigenvalue weighted by atomic mass is 19.4. The second kappa shape index (κ2) is 6.07. The van der Waals surface area contributed by atoms with Crippen molar-refractivity contribution in [3.63, 3.8) is 0 Å². The number of aliphatic hydroxyl groups is 1. The fourth-order valence-corrected chi connectivity index (χ4v) is 1.38. The lowest BCUT2D eigenvalue weighted by atomic mass is 10.2. The first-order chi connectivity index (χ1) is 7.88. The van der Waals surface area contributed by atoms with E-state index in [1.54, 1.807) is 25.4 Å². The van der Waals surface area contributed by atoms with Gasteiger partial charge in [-0.15, -0.1) is 0 Å². The summed E-state index contributed by atoms with van der Waals surface area (Å²) >= 11 is 0. The molecule has 0 aliphatic rings. The predicted molar refractivity (Wildman–Crippen MR) is 56.6 cm³/mol. The first-order valence-electron chi connectivity index (χ1n) is 5.37. The number of hydrogen-bond donors (Lipinski definition) is 1. The van der Waals surface area contributed by atoms with Crippen LogP contribution in [0.15, 0.2) is 18.5 Å². The average Bonchev–Trinajstić information content (AvgIpc) is 2.64. The highest BCUT2D eigenvalue weighted by molar-refractivity contribution is 5.12. The van der Waals surface area contributed by atoms with E-state index in [-0.39, 0.29) is 6.61 Å². The van der Waals surface area contributed by atoms with E-state index in [1.165, 1.54) is 0 Å². The zero-order valence-corrected chi connectivity index (χ0v) is 9.57. The standard InChI is InChI=1S/C11H16F3NO2/c1-9(16)10-3-5-15(7-10)4-2-6-17-8-11(12,13)14/h3,5,7,9,16H,2,4,6,8H2,1H3. The molecular formula is C11H16F3NO2. The van der Waals surface area contributed by atoms with E-state index in [0.29, 0.717) is 13.0 Å². The van der Waals surface area contributed by atoms with Crippen molar-refractivity contribution < 1.29 is 23.0 Å². The van der Waals surface area contributed by atoms with Gasteiger partial charge in [0.2, 0.25) is 0 Å². The fraction of sp³-hybridized carbons (Fsp3) is 0.636. The van der Waals surface area contributed by atoms with Crippen LogP contribution in [-0.4, -0.2) is 29.1 Å². The maximum Gasteiger partial charge on any atom is 0.411 e. The van der Waals surface area contributed by atoms with Gasteiger partial charge in [0, 0.05) is 25.5 Å². The molecule has 98 valence electrons. The van der Waals surface area contributed by atoms with Crippen molar-refractivity contribution >= 4 is 0 Å². The van der Waals surface area contributed by atoms with Crippen LogP contribution in [0.25, 0.3) is 0 Å². The van der Waals surface area contributed by atoms with Gasteiger partial charge in [-0.05, 0) is 25.0 Å². The van der Waals surface area contributed by atoms with Crippen LogP contribution >= 0.6 is 0 Å². The lowest BCUT2D eigenvalue weighted by Gasteiger charge is -2.07. The fourth-order valence-electron chi connectivity index (χ4n) is 1.38. The number of rotatable bonds is 6. The Hall–Kier alpha value is -1.01. The van der Waals surface area contributed by atoms with Crippen molar-refractivity contribution in [1.29, 1.82) is 0 Å². The Morgan fingerprint density at radius 3 is 2.71 bits per heavy atom. The van der Waals surface area contributed by atoms with Crippen molar-refractivity contribution in [2.45, 2.75) is 32.2 Å². The Labute approximate surface area is 97.8 Å². The summed E-state index contributed by atoms with van der Waals surface area (Å²) in [6.45, 7) is 1.11. The normalized spacial score (nSPS) is 13.9. The molecule has 6 heteroatoms. The van der Waals surface area contributed by atoms with Gasteiger partial charge in [0.05, 0.1) is 6.10 Å². The Morgan fingerprint density at radius 1 is 1.47 bits per heavy atom. The van der Waals surface area contributed by atoms with Crippen molar-refractivity contribution in [1.82, 2.24) is 4.57 Å². The lowest BCUT2D eigenvalue weighted by molar-refractivity contribution is -0.174. The molecule has 0 fully saturated rings. The van der Waals surface area contributed by atoms with Gasteiger partial charge in [0.15, 0.2) is 0 Å². The van der Waals surface area contributed by atoms with Crippen LogP contribution < -0.4 is 0 Å². The van der Waals surface area contributed by atoms with Gasteiger partial charge in [-0.25, -0.2) is 0 Å². The van der Waals surface area contributed by atoms with E-state index < -0.39 is 18.9 Å². The number of ether oxygens (including phenoxy) is 1. The number of alkyl halides is 3. The summed E-state index contributed by atoms with van der Waals surface area (Å²) in [5.41, 5.74) is 0.793. The molecule has 1 N–H and O–H groups in total. The third-order valence-corrected chi connectivity index (χ3v) is 2.23. The van der Waals surface area contributed by atoms with Gasteiger partial charge >= 0.3 is 6.18 Å². The van der Waals surface area contributed by atoms with Gasteiger partial charge in [-0.3, -0.25) is 0 Å². The third-order valence-electron chi connectivity index (χ3n) is 2.23. The molecule has 0 amide bonds. The molecule has 1 rings (SSSR count). The zero-order valence-electron chi connectivity index (χ0n) is 9.57. The zero-order chi connectivity index (χ0) is 12.9. The number of aromatic nitrogens is 1. The number of halogens is 3. The molecule has 0 aromatic carbocycles. The first kappa shape index (κ1) is 14.1. The van der Waals surface area contributed by atoms with Crippen LogP contribution in [0.1, 0.15) is 25.0 Å². The SMILES string of the molecule is CC(O)c1ccn(CCCOCC(F)(F)F)c1. The molecule has 0 aliphatic carbocycles. The van der Waals surface area contributed by atoms with E-state index >= 15 is 0 Å². The third kappa shape index (κ3) is 5.74. The molecule has 3 nitrogen and oxygen atoms in total. The van der Waals surface area contributed by atoms with Gasteiger partial charge in [-0.1, -0.05) is 0 Å². The molecule has 1 atom stereocenters. The average molecular weight is 251 g/mol. The summed E-state index contributed by atoms with van der Waals surface area (Å²) in [7, 11) is 0. The van der Waals surface area contributed by atoms with Gasteiger partial charge in [-0.2, -0.15) is 13.2 Å². The number of hydrogen-bond acceptors (Lipinski definition) is 2. The first-order valence-corrected chi connectivity index (χ1v) is 5.37. The van der Waals surface area contributed by atoms with Crippen molar-refractivity contribution in [2.24, 2.45) is 0 Å². The van der Waals surface area contributed by atoms with Crippen molar-refractivity contribution in [2.75, 3.05) is 13.2 Å². The van der Waals surface area contributed by atoms with Crippen LogP contribution in [0.3, 0.4) is 0 Å². The predicted octanol–water partition coefficient (Wildman–Crippen LogP) is 2.51. The van der Waals surface area contributed by atoms with E-state index in [1.807, 2.05) is 4.57 Å². The topological polar surface area (TPSA) is 34.4 Å². The molecule has 0 radical (unpaired) electrons. The molecular weight excluding hydrogens is 235 g/mol. The molecule has 1 unspecified atom stereocenters. The van der Waals surface area contributed by atoms with Gasteiger partial charge in [0.1, 0.15) is 6.61 Å². The molecule has 0 bridgehead atoms. The lowest BCUT2D eigenvalue weighted by Crippen LogP contribution is -2.17. The van der Waals surface area contributed by atoms with Gasteiger partial charge < -0.3 is 14.4 Å². The van der Waals surface area contributed by atoms with E-state index in [0.717, 1.165) is 5.56 Å². The summed E-state index contributed by atoms with van der Waals surface area (Å²) in [6.07, 6.45) is -0.727. The smallest absolute Gasteiger partial charge is 0.389 e. The van der Waals surface area contributed by atoms with Crippen LogP contribution in [0.2, 0.25) is 0 Å². The number of nitrogens with zero attached hydrogens (tertiary/aromatic N) is 1. The Balaban J connectivity index is 2.18. The minimum atomic E-state index is -4.26. The largest absolute Gasteiger partial charge is 0.411 e. The van der Waals surface area contributed by atoms with Crippen LogP contribution in [0.5, 0.6) is 0 Å². The summed E-state index contributed by atoms with van der Waals surface area (Å²) in [5, 5.41) is 9.27. The summed E-state index contributed by atoms with van der Waals surface area (Å²) < 4.78 is 41.5. The quantitative estimate of drug-likeness (QED) is 0.788. The molecule has 1 heterocycles. The van der Waals surface area contributed by atoms with Crippen LogP contribution in [-0.2, 0) is 11.3 Å². The van der Waals surface area contributed by atoms with E-state index in [9.17, 15) is 18.3 Å². The maximum atomic E-state index is 11.7. The summed E-state index contributed by atoms with van der Waals surface area (Å²) in [6, 6.07) is 1.78. The minimum Gasteiger partial charge on any atom is -0.389 e. The van der Waals surface area contributed by atoms with Crippen molar-refractivity contribution in [3.05, 3.63) is 24.0 Å². The van der Waals surface area contributed by atoms with E-state index in [4.69, 9.17) is 0 Å². The van der Waals surface area contributed by atoms with Crippen LogP contribution in [0.4, 0.5) is 13.2 Å². The monoisotopic (exact) mass is 251 g/mol. The molecule has 0 spiro atoms. The Kier molecular flexibility index (Phi) is 5.02. The maximum absolute atomic E-state index is 11.7. The highest BCUT2D eigenvalue weighted by Gasteiger charge is 2.27. The van der Waals surface area contributed by atoms with Crippen LogP contribution in [0, 0.1) is 0 Å².